The molecule has 0 aromatic heterocycles. The van der Waals surface area contributed by atoms with E-state index in [2.05, 4.69) is 11.9 Å². The average Bonchev–Trinajstić information content (AvgIpc) is 2.27. The van der Waals surface area contributed by atoms with E-state index in [1.54, 1.807) is 6.07 Å². The number of benzene rings is 1. The molecule has 0 saturated heterocycles. The van der Waals surface area contributed by atoms with Crippen molar-refractivity contribution < 1.29 is 9.13 Å². The van der Waals surface area contributed by atoms with E-state index in [4.69, 9.17) is 4.74 Å². The van der Waals surface area contributed by atoms with Gasteiger partial charge in [0.25, 0.3) is 0 Å². The van der Waals surface area contributed by atoms with Crippen molar-refractivity contribution in [1.82, 2.24) is 5.32 Å². The van der Waals surface area contributed by atoms with Crippen LogP contribution in [0.5, 0.6) is 0 Å². The fourth-order valence-electron chi connectivity index (χ4n) is 1.45. The van der Waals surface area contributed by atoms with Gasteiger partial charge in [0.1, 0.15) is 5.82 Å². The molecule has 0 radical (unpaired) electrons. The molecule has 0 amide bonds. The number of hydrogen-bond acceptors (Lipinski definition) is 2. The monoisotopic (exact) mass is 237 g/mol. The maximum Gasteiger partial charge on any atom is 0.127 e. The smallest absolute Gasteiger partial charge is 0.127 e. The summed E-state index contributed by atoms with van der Waals surface area (Å²) in [5.74, 6) is -0.161. The lowest BCUT2D eigenvalue weighted by molar-refractivity contribution is 0.157. The zero-order valence-electron chi connectivity index (χ0n) is 10.6. The highest BCUT2D eigenvalue weighted by Crippen LogP contribution is 2.09. The minimum atomic E-state index is -0.161. The highest BCUT2D eigenvalue weighted by Gasteiger charge is 2.01. The second kappa shape index (κ2) is 7.20. The van der Waals surface area contributed by atoms with Crippen LogP contribution < -0.4 is 5.32 Å². The minimum absolute atomic E-state index is 0.161. The predicted molar refractivity (Wildman–Crippen MR) is 68.5 cm³/mol. The van der Waals surface area contributed by atoms with Gasteiger partial charge in [-0.1, -0.05) is 29.8 Å². The molecule has 0 bridgehead atoms. The second-order valence-corrected chi connectivity index (χ2v) is 4.28. The van der Waals surface area contributed by atoms with Crippen LogP contribution in [0.3, 0.4) is 0 Å². The number of rotatable bonds is 7. The van der Waals surface area contributed by atoms with E-state index >= 15 is 0 Å². The summed E-state index contributed by atoms with van der Waals surface area (Å²) in [6.45, 7) is 10.1. The molecule has 0 aliphatic rings. The van der Waals surface area contributed by atoms with Crippen molar-refractivity contribution >= 4 is 0 Å². The van der Waals surface area contributed by atoms with Crippen LogP contribution in [0.4, 0.5) is 4.39 Å². The van der Waals surface area contributed by atoms with Crippen LogP contribution in [-0.2, 0) is 11.3 Å². The van der Waals surface area contributed by atoms with Crippen LogP contribution in [-0.4, -0.2) is 19.8 Å². The van der Waals surface area contributed by atoms with E-state index in [0.717, 1.165) is 11.1 Å². The Morgan fingerprint density at radius 1 is 1.47 bits per heavy atom. The minimum Gasteiger partial charge on any atom is -0.376 e. The Morgan fingerprint density at radius 3 is 2.94 bits per heavy atom. The summed E-state index contributed by atoms with van der Waals surface area (Å²) in [5, 5.41) is 3.15. The Bertz CT molecular complexity index is 376. The summed E-state index contributed by atoms with van der Waals surface area (Å²) in [5.41, 5.74) is 2.78. The molecule has 0 aliphatic carbocycles. The van der Waals surface area contributed by atoms with E-state index < -0.39 is 0 Å². The molecule has 0 unspecified atom stereocenters. The summed E-state index contributed by atoms with van der Waals surface area (Å²) < 4.78 is 18.7. The number of hydrogen-bond donors (Lipinski definition) is 1. The lowest BCUT2D eigenvalue weighted by atomic mass is 10.1. The Kier molecular flexibility index (Phi) is 5.87. The molecule has 0 aliphatic heterocycles. The van der Waals surface area contributed by atoms with Crippen molar-refractivity contribution in [3.8, 4) is 0 Å². The second-order valence-electron chi connectivity index (χ2n) is 4.28. The standard InChI is InChI=1S/C14H20FNO/c1-11(2)10-17-7-6-16-9-13-8-12(3)4-5-14(13)15/h4-5,8,16H,1,6-7,9-10H2,2-3H3. The zero-order chi connectivity index (χ0) is 12.7. The van der Waals surface area contributed by atoms with Gasteiger partial charge in [-0.3, -0.25) is 0 Å². The highest BCUT2D eigenvalue weighted by atomic mass is 19.1. The van der Waals surface area contributed by atoms with Crippen molar-refractivity contribution in [1.29, 1.82) is 0 Å². The Balaban J connectivity index is 2.22. The quantitative estimate of drug-likeness (QED) is 0.581. The Labute approximate surface area is 102 Å². The Hall–Kier alpha value is -1.19. The number of aryl methyl sites for hydroxylation is 1. The molecular formula is C14H20FNO. The van der Waals surface area contributed by atoms with Gasteiger partial charge in [-0.05, 0) is 19.9 Å². The van der Waals surface area contributed by atoms with Crippen molar-refractivity contribution in [2.24, 2.45) is 0 Å². The van der Waals surface area contributed by atoms with Crippen molar-refractivity contribution in [2.45, 2.75) is 20.4 Å². The molecular weight excluding hydrogens is 217 g/mol. The van der Waals surface area contributed by atoms with Crippen molar-refractivity contribution in [3.63, 3.8) is 0 Å². The molecule has 1 aromatic rings. The molecule has 3 heteroatoms. The van der Waals surface area contributed by atoms with Gasteiger partial charge in [0.15, 0.2) is 0 Å². The maximum absolute atomic E-state index is 13.4. The summed E-state index contributed by atoms with van der Waals surface area (Å²) in [6, 6.07) is 5.13. The van der Waals surface area contributed by atoms with Gasteiger partial charge in [-0.15, -0.1) is 0 Å². The number of ether oxygens (including phenoxy) is 1. The maximum atomic E-state index is 13.4. The molecule has 94 valence electrons. The fourth-order valence-corrected chi connectivity index (χ4v) is 1.45. The van der Waals surface area contributed by atoms with Crippen LogP contribution in [0.25, 0.3) is 0 Å². The van der Waals surface area contributed by atoms with Crippen molar-refractivity contribution in [2.75, 3.05) is 19.8 Å². The molecule has 0 saturated carbocycles. The third-order valence-electron chi connectivity index (χ3n) is 2.29. The lowest BCUT2D eigenvalue weighted by Crippen LogP contribution is -2.20. The predicted octanol–water partition coefficient (Wildman–Crippen LogP) is 2.82. The van der Waals surface area contributed by atoms with E-state index in [0.29, 0.717) is 31.9 Å². The topological polar surface area (TPSA) is 21.3 Å². The molecule has 17 heavy (non-hydrogen) atoms. The molecule has 1 aromatic carbocycles. The molecule has 0 fully saturated rings. The first kappa shape index (κ1) is 13.9. The van der Waals surface area contributed by atoms with Gasteiger partial charge in [-0.2, -0.15) is 0 Å². The first-order chi connectivity index (χ1) is 8.09. The third-order valence-corrected chi connectivity index (χ3v) is 2.29. The molecule has 0 atom stereocenters. The summed E-state index contributed by atoms with van der Waals surface area (Å²) in [6.07, 6.45) is 0. The van der Waals surface area contributed by atoms with Crippen LogP contribution in [0.1, 0.15) is 18.1 Å². The SMILES string of the molecule is C=C(C)COCCNCc1cc(C)ccc1F. The zero-order valence-corrected chi connectivity index (χ0v) is 10.6. The van der Waals surface area contributed by atoms with Gasteiger partial charge in [0.2, 0.25) is 0 Å². The first-order valence-corrected chi connectivity index (χ1v) is 5.77. The van der Waals surface area contributed by atoms with Gasteiger partial charge in [-0.25, -0.2) is 4.39 Å². The molecule has 1 rings (SSSR count). The fraction of sp³-hybridized carbons (Fsp3) is 0.429. The van der Waals surface area contributed by atoms with Crippen LogP contribution in [0.15, 0.2) is 30.4 Å². The first-order valence-electron chi connectivity index (χ1n) is 5.77. The molecule has 2 nitrogen and oxygen atoms in total. The largest absolute Gasteiger partial charge is 0.376 e. The molecule has 1 N–H and O–H groups in total. The van der Waals surface area contributed by atoms with Crippen LogP contribution in [0, 0.1) is 12.7 Å². The third kappa shape index (κ3) is 5.61. The number of nitrogens with one attached hydrogen (secondary N) is 1. The molecule has 0 spiro atoms. The van der Waals surface area contributed by atoms with Crippen LogP contribution >= 0.6 is 0 Å². The van der Waals surface area contributed by atoms with E-state index in [9.17, 15) is 4.39 Å². The highest BCUT2D eigenvalue weighted by molar-refractivity contribution is 5.23. The summed E-state index contributed by atoms with van der Waals surface area (Å²) >= 11 is 0. The normalized spacial score (nSPS) is 10.5. The lowest BCUT2D eigenvalue weighted by Gasteiger charge is -2.07. The van der Waals surface area contributed by atoms with Crippen LogP contribution in [0.2, 0.25) is 0 Å². The molecule has 0 heterocycles. The summed E-state index contributed by atoms with van der Waals surface area (Å²) in [7, 11) is 0. The van der Waals surface area contributed by atoms with Gasteiger partial charge in [0.05, 0.1) is 13.2 Å². The van der Waals surface area contributed by atoms with Crippen molar-refractivity contribution in [3.05, 3.63) is 47.3 Å². The van der Waals surface area contributed by atoms with Gasteiger partial charge in [0, 0.05) is 18.7 Å². The average molecular weight is 237 g/mol. The Morgan fingerprint density at radius 2 is 2.24 bits per heavy atom. The van der Waals surface area contributed by atoms with E-state index in [1.807, 2.05) is 19.9 Å². The van der Waals surface area contributed by atoms with E-state index in [-0.39, 0.29) is 5.82 Å². The summed E-state index contributed by atoms with van der Waals surface area (Å²) in [4.78, 5) is 0. The van der Waals surface area contributed by atoms with E-state index in [1.165, 1.54) is 6.07 Å². The van der Waals surface area contributed by atoms with Gasteiger partial charge < -0.3 is 10.1 Å². The van der Waals surface area contributed by atoms with Gasteiger partial charge >= 0.3 is 0 Å². The number of halogens is 1.